The minimum atomic E-state index is 0.265. The van der Waals surface area contributed by atoms with E-state index in [4.69, 9.17) is 4.74 Å². The summed E-state index contributed by atoms with van der Waals surface area (Å²) in [6, 6.07) is 0. The van der Waals surface area contributed by atoms with Gasteiger partial charge >= 0.3 is 0 Å². The molecule has 9 heteroatoms. The van der Waals surface area contributed by atoms with Gasteiger partial charge in [-0.15, -0.1) is 21.5 Å². The molecule has 0 spiro atoms. The zero-order valence-electron chi connectivity index (χ0n) is 15.7. The Morgan fingerprint density at radius 3 is 2.92 bits per heavy atom. The van der Waals surface area contributed by atoms with Crippen molar-refractivity contribution in [3.8, 4) is 0 Å². The highest BCUT2D eigenvalue weighted by atomic mass is 32.1. The number of aryl methyl sites for hydroxylation is 2. The summed E-state index contributed by atoms with van der Waals surface area (Å²) in [6.45, 7) is 6.89. The first kappa shape index (κ1) is 18.8. The van der Waals surface area contributed by atoms with Crippen LogP contribution in [0.4, 0.5) is 0 Å². The van der Waals surface area contributed by atoms with Crippen molar-refractivity contribution in [1.82, 2.24) is 30.4 Å². The highest BCUT2D eigenvalue weighted by molar-refractivity contribution is 7.11. The van der Waals surface area contributed by atoms with Gasteiger partial charge in [-0.3, -0.25) is 0 Å². The normalized spacial score (nSPS) is 17.7. The van der Waals surface area contributed by atoms with Crippen LogP contribution in [-0.2, 0) is 24.8 Å². The SMILES string of the molecule is Cc1cnc(CCNC(=NCc2nnc(C)n2C)NCC2CCCO2)s1. The van der Waals surface area contributed by atoms with E-state index < -0.39 is 0 Å². The highest BCUT2D eigenvalue weighted by Gasteiger charge is 2.15. The molecule has 1 fully saturated rings. The van der Waals surface area contributed by atoms with Gasteiger partial charge in [-0.2, -0.15) is 0 Å². The average Bonchev–Trinajstić information content (AvgIpc) is 3.35. The largest absolute Gasteiger partial charge is 0.376 e. The van der Waals surface area contributed by atoms with Crippen LogP contribution in [0.3, 0.4) is 0 Å². The van der Waals surface area contributed by atoms with E-state index in [-0.39, 0.29) is 6.10 Å². The van der Waals surface area contributed by atoms with Gasteiger partial charge in [0.1, 0.15) is 12.4 Å². The Bertz CT molecular complexity index is 733. The van der Waals surface area contributed by atoms with Crippen molar-refractivity contribution < 1.29 is 4.74 Å². The van der Waals surface area contributed by atoms with E-state index in [1.807, 2.05) is 24.7 Å². The molecule has 1 saturated heterocycles. The molecule has 0 bridgehead atoms. The number of aliphatic imine (C=N–C) groups is 1. The molecule has 2 aromatic rings. The maximum Gasteiger partial charge on any atom is 0.191 e. The molecule has 1 aliphatic heterocycles. The molecule has 3 heterocycles. The summed E-state index contributed by atoms with van der Waals surface area (Å²) in [5.41, 5.74) is 0. The fourth-order valence-electron chi connectivity index (χ4n) is 2.73. The Balaban J connectivity index is 1.56. The molecule has 8 nitrogen and oxygen atoms in total. The Kier molecular flexibility index (Phi) is 6.56. The van der Waals surface area contributed by atoms with Crippen molar-refractivity contribution in [3.63, 3.8) is 0 Å². The summed E-state index contributed by atoms with van der Waals surface area (Å²) in [6.07, 6.45) is 5.29. The van der Waals surface area contributed by atoms with E-state index in [2.05, 4.69) is 37.7 Å². The second-order valence-corrected chi connectivity index (χ2v) is 7.76. The summed E-state index contributed by atoms with van der Waals surface area (Å²) in [4.78, 5) is 10.3. The third-order valence-corrected chi connectivity index (χ3v) is 5.36. The van der Waals surface area contributed by atoms with Crippen LogP contribution >= 0.6 is 11.3 Å². The standard InChI is InChI=1S/C17H27N7OS/c1-12-9-19-16(26-12)6-7-18-17(20-10-14-5-4-8-25-14)21-11-15-23-22-13(2)24(15)3/h9,14H,4-8,10-11H2,1-3H3,(H2,18,20,21). The van der Waals surface area contributed by atoms with Crippen LogP contribution in [0.25, 0.3) is 0 Å². The van der Waals surface area contributed by atoms with E-state index in [1.54, 1.807) is 11.3 Å². The van der Waals surface area contributed by atoms with Crippen LogP contribution in [0.15, 0.2) is 11.2 Å². The van der Waals surface area contributed by atoms with E-state index in [9.17, 15) is 0 Å². The number of thiazole rings is 1. The molecule has 1 unspecified atom stereocenters. The fraction of sp³-hybridized carbons (Fsp3) is 0.647. The lowest BCUT2D eigenvalue weighted by Gasteiger charge is -2.15. The maximum absolute atomic E-state index is 5.69. The minimum Gasteiger partial charge on any atom is -0.376 e. The van der Waals surface area contributed by atoms with Crippen LogP contribution in [-0.4, -0.2) is 51.5 Å². The lowest BCUT2D eigenvalue weighted by molar-refractivity contribution is 0.114. The predicted octanol–water partition coefficient (Wildman–Crippen LogP) is 1.35. The molecule has 1 aliphatic rings. The maximum atomic E-state index is 5.69. The van der Waals surface area contributed by atoms with Crippen LogP contribution in [0.2, 0.25) is 0 Å². The van der Waals surface area contributed by atoms with Crippen molar-refractivity contribution in [1.29, 1.82) is 0 Å². The third-order valence-electron chi connectivity index (χ3n) is 4.38. The van der Waals surface area contributed by atoms with Crippen molar-refractivity contribution in [3.05, 3.63) is 27.7 Å². The lowest BCUT2D eigenvalue weighted by Crippen LogP contribution is -2.42. The fourth-order valence-corrected chi connectivity index (χ4v) is 3.52. The van der Waals surface area contributed by atoms with Gasteiger partial charge in [0.05, 0.1) is 11.1 Å². The molecule has 3 rings (SSSR count). The molecule has 2 aromatic heterocycles. The minimum absolute atomic E-state index is 0.265. The first-order valence-electron chi connectivity index (χ1n) is 9.02. The zero-order chi connectivity index (χ0) is 18.4. The van der Waals surface area contributed by atoms with E-state index >= 15 is 0 Å². The number of ether oxygens (including phenoxy) is 1. The predicted molar refractivity (Wildman–Crippen MR) is 102 cm³/mol. The molecule has 0 saturated carbocycles. The summed E-state index contributed by atoms with van der Waals surface area (Å²) in [5, 5.41) is 16.2. The average molecular weight is 378 g/mol. The van der Waals surface area contributed by atoms with Crippen molar-refractivity contribution in [2.45, 2.75) is 45.8 Å². The topological polar surface area (TPSA) is 89.3 Å². The first-order valence-corrected chi connectivity index (χ1v) is 9.83. The molecular formula is C17H27N7OS. The number of nitrogens with zero attached hydrogens (tertiary/aromatic N) is 5. The number of rotatable bonds is 7. The summed E-state index contributed by atoms with van der Waals surface area (Å²) in [5.74, 6) is 2.50. The molecule has 26 heavy (non-hydrogen) atoms. The summed E-state index contributed by atoms with van der Waals surface area (Å²) >= 11 is 1.74. The summed E-state index contributed by atoms with van der Waals surface area (Å²) in [7, 11) is 1.96. The van der Waals surface area contributed by atoms with Crippen LogP contribution < -0.4 is 10.6 Å². The zero-order valence-corrected chi connectivity index (χ0v) is 16.5. The second kappa shape index (κ2) is 9.09. The van der Waals surface area contributed by atoms with Crippen LogP contribution in [0.1, 0.15) is 34.4 Å². The van der Waals surface area contributed by atoms with Gasteiger partial charge in [0, 0.05) is 44.2 Å². The monoisotopic (exact) mass is 377 g/mol. The van der Waals surface area contributed by atoms with E-state index in [1.165, 1.54) is 4.88 Å². The Morgan fingerprint density at radius 2 is 2.27 bits per heavy atom. The molecule has 142 valence electrons. The van der Waals surface area contributed by atoms with Gasteiger partial charge in [-0.1, -0.05) is 0 Å². The van der Waals surface area contributed by atoms with Gasteiger partial charge in [0.25, 0.3) is 0 Å². The smallest absolute Gasteiger partial charge is 0.191 e. The van der Waals surface area contributed by atoms with E-state index in [0.717, 1.165) is 61.6 Å². The quantitative estimate of drug-likeness (QED) is 0.559. The Labute approximate surface area is 158 Å². The first-order chi connectivity index (χ1) is 12.6. The number of hydrogen-bond donors (Lipinski definition) is 2. The Hall–Kier alpha value is -2.00. The van der Waals surface area contributed by atoms with Crippen LogP contribution in [0, 0.1) is 13.8 Å². The Morgan fingerprint density at radius 1 is 1.38 bits per heavy atom. The molecule has 2 N–H and O–H groups in total. The molecule has 0 aromatic carbocycles. The highest BCUT2D eigenvalue weighted by Crippen LogP contribution is 2.11. The number of nitrogens with one attached hydrogen (secondary N) is 2. The van der Waals surface area contributed by atoms with Gasteiger partial charge in [0.15, 0.2) is 11.8 Å². The van der Waals surface area contributed by atoms with Gasteiger partial charge in [0.2, 0.25) is 0 Å². The molecular weight excluding hydrogens is 350 g/mol. The molecule has 0 aliphatic carbocycles. The lowest BCUT2D eigenvalue weighted by atomic mass is 10.2. The molecule has 1 atom stereocenters. The van der Waals surface area contributed by atoms with E-state index in [0.29, 0.717) is 6.54 Å². The van der Waals surface area contributed by atoms with Gasteiger partial charge in [-0.25, -0.2) is 9.98 Å². The molecule has 0 radical (unpaired) electrons. The van der Waals surface area contributed by atoms with Gasteiger partial charge in [-0.05, 0) is 26.7 Å². The van der Waals surface area contributed by atoms with Crippen molar-refractivity contribution in [2.75, 3.05) is 19.7 Å². The van der Waals surface area contributed by atoms with Crippen molar-refractivity contribution in [2.24, 2.45) is 12.0 Å². The van der Waals surface area contributed by atoms with Gasteiger partial charge < -0.3 is 19.9 Å². The number of hydrogen-bond acceptors (Lipinski definition) is 6. The summed E-state index contributed by atoms with van der Waals surface area (Å²) < 4.78 is 7.64. The van der Waals surface area contributed by atoms with Crippen molar-refractivity contribution >= 4 is 17.3 Å². The molecule has 0 amide bonds. The number of aromatic nitrogens is 4. The van der Waals surface area contributed by atoms with Crippen LogP contribution in [0.5, 0.6) is 0 Å². The third kappa shape index (κ3) is 5.25. The second-order valence-electron chi connectivity index (χ2n) is 6.44. The number of guanidine groups is 1.